The number of ether oxygens (including phenoxy) is 3. The zero-order valence-electron chi connectivity index (χ0n) is 18.8. The van der Waals surface area contributed by atoms with E-state index in [2.05, 4.69) is 10.3 Å². The number of aliphatic carboxylic acids is 1. The number of aromatic nitrogens is 1. The van der Waals surface area contributed by atoms with Crippen molar-refractivity contribution in [1.29, 1.82) is 0 Å². The molecule has 3 aromatic rings. The third kappa shape index (κ3) is 4.96. The number of rotatable bonds is 9. The maximum atomic E-state index is 12.8. The first-order valence-electron chi connectivity index (χ1n) is 11.3. The molecule has 8 heteroatoms. The van der Waals surface area contributed by atoms with Crippen LogP contribution in [0.4, 0.5) is 0 Å². The quantitative estimate of drug-likeness (QED) is 0.486. The first-order chi connectivity index (χ1) is 17.0. The Hall–Kier alpha value is -4.33. The number of carbonyl (C=O) groups is 2. The van der Waals surface area contributed by atoms with Gasteiger partial charge in [-0.25, -0.2) is 4.98 Å². The van der Waals surface area contributed by atoms with Gasteiger partial charge in [0.15, 0.2) is 6.26 Å². The normalized spacial score (nSPS) is 17.5. The Bertz CT molecular complexity index is 1250. The van der Waals surface area contributed by atoms with E-state index >= 15 is 0 Å². The van der Waals surface area contributed by atoms with Gasteiger partial charge in [0, 0.05) is 19.2 Å². The molecule has 1 unspecified atom stereocenters. The van der Waals surface area contributed by atoms with Crippen molar-refractivity contribution in [2.24, 2.45) is 0 Å². The third-order valence-electron chi connectivity index (χ3n) is 6.14. The number of carboxylic acid groups (broad SMARTS) is 1. The highest BCUT2D eigenvalue weighted by molar-refractivity contribution is 5.96. The van der Waals surface area contributed by atoms with Crippen LogP contribution in [0.2, 0.25) is 0 Å². The van der Waals surface area contributed by atoms with Gasteiger partial charge in [-0.3, -0.25) is 9.59 Å². The van der Waals surface area contributed by atoms with Gasteiger partial charge < -0.3 is 24.6 Å². The lowest BCUT2D eigenvalue weighted by atomic mass is 9.95. The van der Waals surface area contributed by atoms with Gasteiger partial charge in [0.25, 0.3) is 5.91 Å². The molecule has 35 heavy (non-hydrogen) atoms. The molecule has 0 bridgehead atoms. The number of pyridine rings is 1. The van der Waals surface area contributed by atoms with Gasteiger partial charge >= 0.3 is 11.9 Å². The van der Waals surface area contributed by atoms with Crippen LogP contribution in [-0.2, 0) is 32.6 Å². The average Bonchev–Trinajstić information content (AvgIpc) is 3.59. The van der Waals surface area contributed by atoms with Gasteiger partial charge in [-0.05, 0) is 41.7 Å². The van der Waals surface area contributed by atoms with Crippen LogP contribution in [0.3, 0.4) is 0 Å². The Morgan fingerprint density at radius 3 is 2.51 bits per heavy atom. The summed E-state index contributed by atoms with van der Waals surface area (Å²) >= 11 is 0. The summed E-state index contributed by atoms with van der Waals surface area (Å²) in [7, 11) is 0. The minimum atomic E-state index is -0.791. The van der Waals surface area contributed by atoms with Gasteiger partial charge in [0.2, 0.25) is 12.2 Å². The smallest absolute Gasteiger partial charge is 0.325 e. The fraction of sp³-hybridized carbons (Fsp3) is 0.222. The Kier molecular flexibility index (Phi) is 6.10. The molecule has 178 valence electrons. The predicted molar refractivity (Wildman–Crippen MR) is 125 cm³/mol. The summed E-state index contributed by atoms with van der Waals surface area (Å²) in [6, 6.07) is 20.4. The lowest BCUT2D eigenvalue weighted by Crippen LogP contribution is -2.24. The Morgan fingerprint density at radius 1 is 1.03 bits per heavy atom. The number of carbonyl (C=O) groups excluding carboxylic acids is 1. The highest BCUT2D eigenvalue weighted by Crippen LogP contribution is 2.48. The van der Waals surface area contributed by atoms with Crippen LogP contribution >= 0.6 is 0 Å². The molecule has 0 spiro atoms. The second-order valence-electron chi connectivity index (χ2n) is 8.54. The van der Waals surface area contributed by atoms with Crippen LogP contribution in [-0.4, -0.2) is 28.3 Å². The van der Waals surface area contributed by atoms with Gasteiger partial charge in [0.1, 0.15) is 5.56 Å². The lowest BCUT2D eigenvalue weighted by molar-refractivity contribution is -0.140. The molecule has 0 saturated heterocycles. The zero-order valence-corrected chi connectivity index (χ0v) is 18.8. The SMILES string of the molecule is O=C(NCc1ccc(C2(C(=O)O)CC2)cc1)c1cccnc1OC1=COC(Cc2ccccc2)O1. The zero-order chi connectivity index (χ0) is 24.3. The van der Waals surface area contributed by atoms with Crippen LogP contribution in [0.5, 0.6) is 5.88 Å². The molecule has 1 aromatic heterocycles. The van der Waals surface area contributed by atoms with E-state index in [9.17, 15) is 14.7 Å². The maximum absolute atomic E-state index is 12.8. The summed E-state index contributed by atoms with van der Waals surface area (Å²) in [6.45, 7) is 0.273. The minimum absolute atomic E-state index is 0.104. The van der Waals surface area contributed by atoms with E-state index in [1.165, 1.54) is 12.5 Å². The van der Waals surface area contributed by atoms with E-state index in [0.717, 1.165) is 16.7 Å². The molecular weight excluding hydrogens is 448 g/mol. The van der Waals surface area contributed by atoms with Crippen molar-refractivity contribution >= 4 is 11.9 Å². The highest BCUT2D eigenvalue weighted by atomic mass is 16.8. The van der Waals surface area contributed by atoms with E-state index in [4.69, 9.17) is 14.2 Å². The van der Waals surface area contributed by atoms with Crippen molar-refractivity contribution in [3.8, 4) is 5.88 Å². The Labute approximate surface area is 202 Å². The van der Waals surface area contributed by atoms with E-state index < -0.39 is 17.7 Å². The summed E-state index contributed by atoms with van der Waals surface area (Å²) in [4.78, 5) is 28.5. The standard InChI is InChI=1S/C27H24N2O6/c30-24(29-16-19-8-10-20(11-9-19)27(12-13-27)26(31)32)21-7-4-14-28-25(21)35-23-17-33-22(34-23)15-18-5-2-1-3-6-18/h1-11,14,17,22H,12-13,15-16H2,(H,29,30)(H,31,32). The van der Waals surface area contributed by atoms with Crippen molar-refractivity contribution < 1.29 is 28.9 Å². The van der Waals surface area contributed by atoms with Gasteiger partial charge in [-0.2, -0.15) is 0 Å². The highest BCUT2D eigenvalue weighted by Gasteiger charge is 2.51. The van der Waals surface area contributed by atoms with Crippen LogP contribution in [0.25, 0.3) is 0 Å². The van der Waals surface area contributed by atoms with Crippen molar-refractivity contribution in [1.82, 2.24) is 10.3 Å². The number of carboxylic acids is 1. The predicted octanol–water partition coefficient (Wildman–Crippen LogP) is 3.92. The van der Waals surface area contributed by atoms with Crippen molar-refractivity contribution in [3.05, 3.63) is 107 Å². The summed E-state index contributed by atoms with van der Waals surface area (Å²) in [5, 5.41) is 12.3. The van der Waals surface area contributed by atoms with Crippen molar-refractivity contribution in [2.45, 2.75) is 37.5 Å². The lowest BCUT2D eigenvalue weighted by Gasteiger charge is -2.13. The monoisotopic (exact) mass is 472 g/mol. The van der Waals surface area contributed by atoms with Crippen LogP contribution in [0.1, 0.15) is 39.9 Å². The first kappa shape index (κ1) is 22.5. The summed E-state index contributed by atoms with van der Waals surface area (Å²) in [5.74, 6) is -0.920. The second-order valence-corrected chi connectivity index (χ2v) is 8.54. The molecular formula is C27H24N2O6. The van der Waals surface area contributed by atoms with E-state index in [1.54, 1.807) is 12.1 Å². The topological polar surface area (TPSA) is 107 Å². The molecule has 2 aliphatic rings. The molecule has 5 rings (SSSR count). The van der Waals surface area contributed by atoms with Gasteiger partial charge in [-0.1, -0.05) is 54.6 Å². The largest absolute Gasteiger partial charge is 0.481 e. The average molecular weight is 472 g/mol. The molecule has 2 N–H and O–H groups in total. The minimum Gasteiger partial charge on any atom is -0.481 e. The number of benzene rings is 2. The summed E-state index contributed by atoms with van der Waals surface area (Å²) in [6.07, 6.45) is 4.23. The van der Waals surface area contributed by atoms with E-state index in [1.807, 2.05) is 54.6 Å². The molecule has 1 aliphatic carbocycles. The summed E-state index contributed by atoms with van der Waals surface area (Å²) < 4.78 is 16.9. The summed E-state index contributed by atoms with van der Waals surface area (Å²) in [5.41, 5.74) is 2.22. The molecule has 1 saturated carbocycles. The molecule has 1 aliphatic heterocycles. The number of nitrogens with zero attached hydrogens (tertiary/aromatic N) is 1. The molecule has 2 heterocycles. The number of amides is 1. The number of nitrogens with one attached hydrogen (secondary N) is 1. The molecule has 8 nitrogen and oxygen atoms in total. The fourth-order valence-electron chi connectivity index (χ4n) is 3.97. The fourth-order valence-corrected chi connectivity index (χ4v) is 3.97. The van der Waals surface area contributed by atoms with Gasteiger partial charge in [0.05, 0.1) is 5.41 Å². The van der Waals surface area contributed by atoms with Crippen LogP contribution < -0.4 is 10.1 Å². The van der Waals surface area contributed by atoms with Crippen LogP contribution in [0.15, 0.2) is 85.1 Å². The van der Waals surface area contributed by atoms with Crippen molar-refractivity contribution in [2.75, 3.05) is 0 Å². The molecule has 0 radical (unpaired) electrons. The molecule has 2 aromatic carbocycles. The number of hydrogen-bond acceptors (Lipinski definition) is 6. The van der Waals surface area contributed by atoms with Gasteiger partial charge in [-0.15, -0.1) is 0 Å². The second kappa shape index (κ2) is 9.50. The molecule has 1 amide bonds. The van der Waals surface area contributed by atoms with E-state index in [-0.39, 0.29) is 29.8 Å². The Balaban J connectivity index is 1.18. The Morgan fingerprint density at radius 2 is 1.80 bits per heavy atom. The molecule has 1 fully saturated rings. The van der Waals surface area contributed by atoms with Crippen LogP contribution in [0, 0.1) is 0 Å². The third-order valence-corrected chi connectivity index (χ3v) is 6.14. The number of hydrogen-bond donors (Lipinski definition) is 2. The maximum Gasteiger partial charge on any atom is 0.325 e. The first-order valence-corrected chi connectivity index (χ1v) is 11.3. The van der Waals surface area contributed by atoms with E-state index in [0.29, 0.717) is 19.3 Å². The molecule has 1 atom stereocenters. The van der Waals surface area contributed by atoms with Crippen molar-refractivity contribution in [3.63, 3.8) is 0 Å².